The van der Waals surface area contributed by atoms with Crippen molar-refractivity contribution in [1.82, 2.24) is 20.1 Å². The number of aromatic nitrogens is 1. The number of alkyl halides is 5. The van der Waals surface area contributed by atoms with Crippen molar-refractivity contribution < 1.29 is 45.9 Å². The minimum atomic E-state index is -4.87. The molecule has 20 heteroatoms. The third kappa shape index (κ3) is 9.84. The lowest BCUT2D eigenvalue weighted by atomic mass is 9.88. The smallest absolute Gasteiger partial charge is 0.378 e. The molecular formula is C38H44ClF5N8O5S. The topological polar surface area (TPSA) is 160 Å². The number of amides is 4. The van der Waals surface area contributed by atoms with E-state index in [0.717, 1.165) is 11.1 Å². The number of nitriles is 1. The van der Waals surface area contributed by atoms with E-state index >= 15 is 8.78 Å². The summed E-state index contributed by atoms with van der Waals surface area (Å²) < 4.78 is 77.7. The molecule has 6 rings (SSSR count). The van der Waals surface area contributed by atoms with E-state index < -0.39 is 65.1 Å². The Hall–Kier alpha value is -4.51. The van der Waals surface area contributed by atoms with Gasteiger partial charge in [-0.3, -0.25) is 34.3 Å². The van der Waals surface area contributed by atoms with Crippen molar-refractivity contribution in [3.05, 3.63) is 47.8 Å². The number of nitrogens with zero attached hydrogens (tertiary/aromatic N) is 5. The number of benzene rings is 1. The minimum Gasteiger partial charge on any atom is -0.378 e. The average Bonchev–Trinajstić information content (AvgIpc) is 3.31. The number of likely N-dealkylation sites (tertiary alicyclic amines) is 1. The molecule has 4 aliphatic rings. The molecule has 0 bridgehead atoms. The fourth-order valence-corrected chi connectivity index (χ4v) is 8.61. The van der Waals surface area contributed by atoms with Gasteiger partial charge in [-0.05, 0) is 102 Å². The lowest BCUT2D eigenvalue weighted by molar-refractivity contribution is -0.138. The summed E-state index contributed by atoms with van der Waals surface area (Å²) in [5.41, 5.74) is -2.45. The summed E-state index contributed by atoms with van der Waals surface area (Å²) in [7, 11) is 0. The fraction of sp³-hybridized carbons (Fsp3) is 0.553. The highest BCUT2D eigenvalue weighted by atomic mass is 35.5. The molecule has 0 radical (unpaired) electrons. The Labute approximate surface area is 343 Å². The molecule has 314 valence electrons. The summed E-state index contributed by atoms with van der Waals surface area (Å²) in [6.07, 6.45) is -0.983. The second kappa shape index (κ2) is 17.8. The maximum Gasteiger partial charge on any atom is 0.419 e. The number of carbonyl (C=O) groups is 4. The van der Waals surface area contributed by atoms with E-state index in [0.29, 0.717) is 56.1 Å². The Kier molecular flexibility index (Phi) is 13.7. The molecule has 4 amide bonds. The van der Waals surface area contributed by atoms with E-state index in [1.54, 1.807) is 43.0 Å². The van der Waals surface area contributed by atoms with Gasteiger partial charge in [0.1, 0.15) is 17.6 Å². The molecule has 2 unspecified atom stereocenters. The minimum absolute atomic E-state index is 0. The van der Waals surface area contributed by atoms with Crippen LogP contribution in [-0.4, -0.2) is 99.4 Å². The SMILES string of the molecule is CC1(C)C(=O)N(c2cnc(C#N)c(C(F)(F)F)c2)C(=S)N1[C@H]1CC[C@H](OCCC2CCN(CC(=O)Nc3cccc(NC4CCC(=O)NC4=O)c3)CC2(F)F)CC1.Cl. The molecule has 3 N–H and O–H groups in total. The summed E-state index contributed by atoms with van der Waals surface area (Å²) in [6, 6.07) is 7.97. The molecule has 0 spiro atoms. The number of imide groups is 1. The molecule has 2 aromatic rings. The first-order chi connectivity index (χ1) is 26.9. The maximum absolute atomic E-state index is 15.3. The summed E-state index contributed by atoms with van der Waals surface area (Å²) in [5, 5.41) is 17.2. The van der Waals surface area contributed by atoms with Crippen LogP contribution in [0.15, 0.2) is 36.5 Å². The van der Waals surface area contributed by atoms with Crippen molar-refractivity contribution in [3.63, 3.8) is 0 Å². The molecule has 3 saturated heterocycles. The standard InChI is InChI=1S/C38H43F5N8O5S.ClH/c1-36(2)34(55)50(26-17-28(38(41,42)43)30(18-44)45-19-26)35(57)51(36)25-6-8-27(9-7-25)56-15-13-22-12-14-49(21-37(22,39)40)20-32(53)47-24-5-3-4-23(16-24)46-29-10-11-31(52)48-33(29)54;/h3-5,16-17,19,22,25,27,29,46H,6-15,20-21H2,1-2H3,(H,47,53)(H,48,52,54);1H/t22?,25-,27-,29?;. The first-order valence-corrected chi connectivity index (χ1v) is 19.2. The van der Waals surface area contributed by atoms with Gasteiger partial charge in [-0.15, -0.1) is 12.4 Å². The van der Waals surface area contributed by atoms with Crippen molar-refractivity contribution in [3.8, 4) is 6.07 Å². The van der Waals surface area contributed by atoms with Gasteiger partial charge in [-0.2, -0.15) is 18.4 Å². The number of hydrogen-bond donors (Lipinski definition) is 3. The number of halogens is 6. The maximum atomic E-state index is 15.3. The third-order valence-electron chi connectivity index (χ3n) is 11.0. The Morgan fingerprint density at radius 2 is 1.79 bits per heavy atom. The van der Waals surface area contributed by atoms with Crippen molar-refractivity contribution in [2.75, 3.05) is 41.8 Å². The van der Waals surface area contributed by atoms with Gasteiger partial charge in [0.05, 0.1) is 36.6 Å². The molecule has 1 saturated carbocycles. The predicted molar refractivity (Wildman–Crippen MR) is 208 cm³/mol. The molecular weight excluding hydrogens is 811 g/mol. The first-order valence-electron chi connectivity index (χ1n) is 18.7. The summed E-state index contributed by atoms with van der Waals surface area (Å²) in [5.74, 6) is -5.73. The van der Waals surface area contributed by atoms with Gasteiger partial charge in [0.15, 0.2) is 10.8 Å². The number of pyridine rings is 1. The molecule has 4 heterocycles. The Morgan fingerprint density at radius 3 is 2.45 bits per heavy atom. The van der Waals surface area contributed by atoms with Crippen LogP contribution in [0, 0.1) is 17.2 Å². The highest BCUT2D eigenvalue weighted by molar-refractivity contribution is 7.80. The van der Waals surface area contributed by atoms with Crippen LogP contribution in [0.3, 0.4) is 0 Å². The molecule has 3 aliphatic heterocycles. The fourth-order valence-electron chi connectivity index (χ4n) is 8.05. The largest absolute Gasteiger partial charge is 0.419 e. The van der Waals surface area contributed by atoms with E-state index in [4.69, 9.17) is 22.2 Å². The number of hydrogen-bond acceptors (Lipinski definition) is 10. The zero-order chi connectivity index (χ0) is 41.3. The third-order valence-corrected chi connectivity index (χ3v) is 11.4. The second-order valence-electron chi connectivity index (χ2n) is 15.4. The van der Waals surface area contributed by atoms with Crippen molar-refractivity contribution in [1.29, 1.82) is 5.26 Å². The zero-order valence-corrected chi connectivity index (χ0v) is 33.4. The van der Waals surface area contributed by atoms with Crippen LogP contribution in [0.25, 0.3) is 0 Å². The van der Waals surface area contributed by atoms with Crippen LogP contribution in [0.5, 0.6) is 0 Å². The summed E-state index contributed by atoms with van der Waals surface area (Å²) in [4.78, 5) is 57.7. The Bertz CT molecular complexity index is 1960. The second-order valence-corrected chi connectivity index (χ2v) is 15.7. The summed E-state index contributed by atoms with van der Waals surface area (Å²) >= 11 is 5.65. The quantitative estimate of drug-likeness (QED) is 0.146. The molecule has 58 heavy (non-hydrogen) atoms. The van der Waals surface area contributed by atoms with Gasteiger partial charge in [0, 0.05) is 36.4 Å². The van der Waals surface area contributed by atoms with Crippen molar-refractivity contribution >= 4 is 70.4 Å². The summed E-state index contributed by atoms with van der Waals surface area (Å²) in [6.45, 7) is 2.90. The molecule has 13 nitrogen and oxygen atoms in total. The molecule has 4 fully saturated rings. The van der Waals surface area contributed by atoms with E-state index in [1.807, 2.05) is 0 Å². The van der Waals surface area contributed by atoms with Crippen LogP contribution < -0.4 is 20.9 Å². The monoisotopic (exact) mass is 854 g/mol. The number of carbonyl (C=O) groups excluding carboxylic acids is 4. The number of piperidine rings is 2. The Balaban J connectivity index is 0.00000641. The van der Waals surface area contributed by atoms with Crippen molar-refractivity contribution in [2.45, 2.75) is 101 Å². The van der Waals surface area contributed by atoms with Crippen molar-refractivity contribution in [2.24, 2.45) is 5.92 Å². The van der Waals surface area contributed by atoms with Crippen LogP contribution in [0.2, 0.25) is 0 Å². The van der Waals surface area contributed by atoms with Gasteiger partial charge in [0.2, 0.25) is 17.7 Å². The zero-order valence-electron chi connectivity index (χ0n) is 31.7. The predicted octanol–water partition coefficient (Wildman–Crippen LogP) is 5.64. The number of nitrogens with one attached hydrogen (secondary N) is 3. The molecule has 1 aliphatic carbocycles. The van der Waals surface area contributed by atoms with E-state index in [1.165, 1.54) is 11.0 Å². The lowest BCUT2D eigenvalue weighted by Gasteiger charge is -2.41. The highest BCUT2D eigenvalue weighted by Gasteiger charge is 2.53. The number of anilines is 3. The van der Waals surface area contributed by atoms with Crippen LogP contribution in [0.4, 0.5) is 39.0 Å². The average molecular weight is 855 g/mol. The van der Waals surface area contributed by atoms with Gasteiger partial charge in [0.25, 0.3) is 11.8 Å². The van der Waals surface area contributed by atoms with Gasteiger partial charge in [-0.25, -0.2) is 13.8 Å². The van der Waals surface area contributed by atoms with Crippen LogP contribution in [0.1, 0.15) is 76.5 Å². The number of rotatable bonds is 11. The van der Waals surface area contributed by atoms with Gasteiger partial charge in [-0.1, -0.05) is 6.07 Å². The normalized spacial score (nSPS) is 24.8. The first kappa shape index (κ1) is 44.6. The van der Waals surface area contributed by atoms with E-state index in [-0.39, 0.29) is 73.7 Å². The van der Waals surface area contributed by atoms with Crippen LogP contribution >= 0.6 is 24.6 Å². The number of thiocarbonyl (C=S) groups is 1. The van der Waals surface area contributed by atoms with E-state index in [9.17, 15) is 32.3 Å². The Morgan fingerprint density at radius 1 is 1.09 bits per heavy atom. The number of ether oxygens (including phenoxy) is 1. The molecule has 1 aromatic carbocycles. The van der Waals surface area contributed by atoms with Gasteiger partial charge >= 0.3 is 6.18 Å². The lowest BCUT2D eigenvalue weighted by Crippen LogP contribution is -2.51. The molecule has 1 aromatic heterocycles. The highest BCUT2D eigenvalue weighted by Crippen LogP contribution is 2.41. The van der Waals surface area contributed by atoms with E-state index in [2.05, 4.69) is 20.9 Å². The van der Waals surface area contributed by atoms with Crippen LogP contribution in [-0.2, 0) is 30.1 Å². The molecule has 2 atom stereocenters. The van der Waals surface area contributed by atoms with Gasteiger partial charge < -0.3 is 20.3 Å².